The highest BCUT2D eigenvalue weighted by molar-refractivity contribution is 5.77. The smallest absolute Gasteiger partial charge is 0.221 e. The lowest BCUT2D eigenvalue weighted by molar-refractivity contribution is -0.121. The Hall–Kier alpha value is -1.86. The minimum absolute atomic E-state index is 0.00613. The van der Waals surface area contributed by atoms with Gasteiger partial charge in [0.1, 0.15) is 0 Å². The van der Waals surface area contributed by atoms with Gasteiger partial charge in [0.2, 0.25) is 5.91 Å². The molecule has 1 unspecified atom stereocenters. The summed E-state index contributed by atoms with van der Waals surface area (Å²) < 4.78 is 0. The van der Waals surface area contributed by atoms with Crippen LogP contribution < -0.4 is 5.73 Å². The molecule has 0 aromatic heterocycles. The number of primary amides is 1. The molecule has 17 heavy (non-hydrogen) atoms. The highest BCUT2D eigenvalue weighted by Gasteiger charge is 2.26. The number of carbonyl (C=O) groups excluding carboxylic acids is 1. The van der Waals surface area contributed by atoms with E-state index < -0.39 is 0 Å². The number of likely N-dealkylation sites (tertiary alicyclic amines) is 1. The number of amides is 1. The van der Waals surface area contributed by atoms with Crippen molar-refractivity contribution in [3.63, 3.8) is 0 Å². The Morgan fingerprint density at radius 2 is 2.18 bits per heavy atom. The fraction of sp³-hybridized carbons (Fsp3) is 0.385. The number of nitrogens with zero attached hydrogens (tertiary/aromatic N) is 2. The Labute approximate surface area is 101 Å². The molecule has 2 N–H and O–H groups in total. The Kier molecular flexibility index (Phi) is 3.40. The van der Waals surface area contributed by atoms with E-state index in [9.17, 15) is 4.79 Å². The van der Waals surface area contributed by atoms with Gasteiger partial charge < -0.3 is 5.73 Å². The van der Waals surface area contributed by atoms with Crippen molar-refractivity contribution >= 4 is 5.91 Å². The topological polar surface area (TPSA) is 70.1 Å². The minimum atomic E-state index is -0.202. The van der Waals surface area contributed by atoms with Gasteiger partial charge in [-0.1, -0.05) is 12.1 Å². The van der Waals surface area contributed by atoms with Gasteiger partial charge in [-0.15, -0.1) is 0 Å². The van der Waals surface area contributed by atoms with Crippen LogP contribution in [0.2, 0.25) is 0 Å². The second-order valence-electron chi connectivity index (χ2n) is 4.43. The molecule has 4 nitrogen and oxygen atoms in total. The summed E-state index contributed by atoms with van der Waals surface area (Å²) in [5.74, 6) is -0.208. The van der Waals surface area contributed by atoms with Crippen LogP contribution >= 0.6 is 0 Å². The average molecular weight is 229 g/mol. The van der Waals surface area contributed by atoms with Gasteiger partial charge in [0.25, 0.3) is 0 Å². The maximum Gasteiger partial charge on any atom is 0.221 e. The van der Waals surface area contributed by atoms with E-state index in [0.717, 1.165) is 31.6 Å². The second kappa shape index (κ2) is 4.98. The van der Waals surface area contributed by atoms with E-state index in [4.69, 9.17) is 11.0 Å². The molecule has 0 saturated carbocycles. The van der Waals surface area contributed by atoms with Crippen LogP contribution in [0.25, 0.3) is 0 Å². The summed E-state index contributed by atoms with van der Waals surface area (Å²) in [6, 6.07) is 9.64. The van der Waals surface area contributed by atoms with Crippen LogP contribution in [0, 0.1) is 17.2 Å². The Bertz CT molecular complexity index is 447. The van der Waals surface area contributed by atoms with Crippen LogP contribution in [0.1, 0.15) is 17.5 Å². The molecule has 0 spiro atoms. The normalized spacial score (nSPS) is 20.1. The van der Waals surface area contributed by atoms with Gasteiger partial charge in [-0.2, -0.15) is 5.26 Å². The van der Waals surface area contributed by atoms with Crippen molar-refractivity contribution in [2.24, 2.45) is 11.7 Å². The average Bonchev–Trinajstić information content (AvgIpc) is 2.79. The first-order chi connectivity index (χ1) is 8.19. The lowest BCUT2D eigenvalue weighted by Crippen LogP contribution is -2.27. The fourth-order valence-corrected chi connectivity index (χ4v) is 2.15. The predicted octanol–water partition coefficient (Wildman–Crippen LogP) is 0.865. The Morgan fingerprint density at radius 1 is 1.47 bits per heavy atom. The summed E-state index contributed by atoms with van der Waals surface area (Å²) in [4.78, 5) is 13.3. The van der Waals surface area contributed by atoms with E-state index in [0.29, 0.717) is 5.56 Å². The van der Waals surface area contributed by atoms with Gasteiger partial charge in [-0.05, 0) is 30.7 Å². The number of nitrogens with two attached hydrogens (primary N) is 1. The third kappa shape index (κ3) is 2.83. The van der Waals surface area contributed by atoms with Gasteiger partial charge in [-0.25, -0.2) is 0 Å². The third-order valence-corrected chi connectivity index (χ3v) is 3.16. The summed E-state index contributed by atoms with van der Waals surface area (Å²) in [5, 5.41) is 8.70. The zero-order valence-electron chi connectivity index (χ0n) is 9.60. The molecule has 1 heterocycles. The van der Waals surface area contributed by atoms with Crippen LogP contribution in [0.3, 0.4) is 0 Å². The summed E-state index contributed by atoms with van der Waals surface area (Å²) in [6.07, 6.45) is 0.853. The third-order valence-electron chi connectivity index (χ3n) is 3.16. The molecule has 88 valence electrons. The van der Waals surface area contributed by atoms with Crippen molar-refractivity contribution in [3.05, 3.63) is 35.4 Å². The fourth-order valence-electron chi connectivity index (χ4n) is 2.15. The summed E-state index contributed by atoms with van der Waals surface area (Å²) >= 11 is 0. The molecular formula is C13H15N3O. The van der Waals surface area contributed by atoms with Gasteiger partial charge in [0.05, 0.1) is 17.6 Å². The number of rotatable bonds is 3. The predicted molar refractivity (Wildman–Crippen MR) is 63.7 cm³/mol. The number of nitriles is 1. The van der Waals surface area contributed by atoms with Crippen molar-refractivity contribution in [1.82, 2.24) is 4.90 Å². The number of carbonyl (C=O) groups is 1. The maximum absolute atomic E-state index is 11.0. The van der Waals surface area contributed by atoms with E-state index in [2.05, 4.69) is 11.0 Å². The van der Waals surface area contributed by atoms with E-state index in [1.54, 1.807) is 0 Å². The molecule has 1 amide bonds. The van der Waals surface area contributed by atoms with Crippen LogP contribution in [-0.4, -0.2) is 23.9 Å². The van der Waals surface area contributed by atoms with Gasteiger partial charge >= 0.3 is 0 Å². The molecule has 1 aliphatic rings. The molecule has 1 saturated heterocycles. The molecule has 4 heteroatoms. The van der Waals surface area contributed by atoms with Crippen LogP contribution in [0.15, 0.2) is 24.3 Å². The van der Waals surface area contributed by atoms with Gasteiger partial charge in [-0.3, -0.25) is 9.69 Å². The number of hydrogen-bond acceptors (Lipinski definition) is 3. The summed E-state index contributed by atoms with van der Waals surface area (Å²) in [6.45, 7) is 2.47. The van der Waals surface area contributed by atoms with Crippen molar-refractivity contribution in [3.8, 4) is 6.07 Å². The Balaban J connectivity index is 1.94. The lowest BCUT2D eigenvalue weighted by atomic mass is 10.1. The largest absolute Gasteiger partial charge is 0.369 e. The van der Waals surface area contributed by atoms with Crippen LogP contribution in [0.4, 0.5) is 0 Å². The molecule has 1 aromatic rings. The standard InChI is InChI=1S/C13H15N3O/c14-7-10-1-3-11(4-2-10)8-16-6-5-12(9-16)13(15)17/h1-4,12H,5-6,8-9H2,(H2,15,17). The molecular weight excluding hydrogens is 214 g/mol. The molecule has 1 aromatic carbocycles. The zero-order chi connectivity index (χ0) is 12.3. The molecule has 0 radical (unpaired) electrons. The van der Waals surface area contributed by atoms with Gasteiger partial charge in [0, 0.05) is 13.1 Å². The highest BCUT2D eigenvalue weighted by atomic mass is 16.1. The summed E-state index contributed by atoms with van der Waals surface area (Å²) in [7, 11) is 0. The number of benzene rings is 1. The molecule has 1 atom stereocenters. The molecule has 2 rings (SSSR count). The molecule has 1 aliphatic heterocycles. The van der Waals surface area contributed by atoms with Gasteiger partial charge in [0.15, 0.2) is 0 Å². The number of hydrogen-bond donors (Lipinski definition) is 1. The van der Waals surface area contributed by atoms with E-state index in [1.807, 2.05) is 24.3 Å². The summed E-state index contributed by atoms with van der Waals surface area (Å²) in [5.41, 5.74) is 7.12. The van der Waals surface area contributed by atoms with Crippen LogP contribution in [-0.2, 0) is 11.3 Å². The first-order valence-electron chi connectivity index (χ1n) is 5.70. The van der Waals surface area contributed by atoms with Crippen LogP contribution in [0.5, 0.6) is 0 Å². The maximum atomic E-state index is 11.0. The van der Waals surface area contributed by atoms with E-state index in [1.165, 1.54) is 0 Å². The lowest BCUT2D eigenvalue weighted by Gasteiger charge is -2.15. The SMILES string of the molecule is N#Cc1ccc(CN2CCC(C(N)=O)C2)cc1. The minimum Gasteiger partial charge on any atom is -0.369 e. The van der Waals surface area contributed by atoms with Crippen molar-refractivity contribution in [2.45, 2.75) is 13.0 Å². The first-order valence-corrected chi connectivity index (χ1v) is 5.70. The van der Waals surface area contributed by atoms with Crippen molar-refractivity contribution in [1.29, 1.82) is 5.26 Å². The first kappa shape index (κ1) is 11.6. The Morgan fingerprint density at radius 3 is 2.71 bits per heavy atom. The van der Waals surface area contributed by atoms with Crippen molar-refractivity contribution in [2.75, 3.05) is 13.1 Å². The second-order valence-corrected chi connectivity index (χ2v) is 4.43. The quantitative estimate of drug-likeness (QED) is 0.835. The van der Waals surface area contributed by atoms with E-state index >= 15 is 0 Å². The van der Waals surface area contributed by atoms with Crippen molar-refractivity contribution < 1.29 is 4.79 Å². The molecule has 0 bridgehead atoms. The monoisotopic (exact) mass is 229 g/mol. The zero-order valence-corrected chi connectivity index (χ0v) is 9.60. The molecule has 1 fully saturated rings. The molecule has 0 aliphatic carbocycles. The highest BCUT2D eigenvalue weighted by Crippen LogP contribution is 2.18. The van der Waals surface area contributed by atoms with E-state index in [-0.39, 0.29) is 11.8 Å².